The van der Waals surface area contributed by atoms with E-state index in [0.29, 0.717) is 18.8 Å². The largest absolute Gasteiger partial charge is 0.466 e. The normalized spacial score (nSPS) is 30.4. The highest BCUT2D eigenvalue weighted by molar-refractivity contribution is 5.72. The summed E-state index contributed by atoms with van der Waals surface area (Å²) in [5, 5.41) is 0. The molecule has 0 atom stereocenters. The van der Waals surface area contributed by atoms with Gasteiger partial charge in [0.25, 0.3) is 0 Å². The molecule has 17 heavy (non-hydrogen) atoms. The summed E-state index contributed by atoms with van der Waals surface area (Å²) < 4.78 is 11.2. The second-order valence-electron chi connectivity index (χ2n) is 5.27. The first-order chi connectivity index (χ1) is 8.29. The summed E-state index contributed by atoms with van der Waals surface area (Å²) in [5.74, 6) is 0.116. The molecule has 3 nitrogen and oxygen atoms in total. The molecule has 2 saturated carbocycles. The van der Waals surface area contributed by atoms with Crippen LogP contribution in [0.5, 0.6) is 0 Å². The summed E-state index contributed by atoms with van der Waals surface area (Å²) in [6.07, 6.45) is 9.94. The lowest BCUT2D eigenvalue weighted by Crippen LogP contribution is -2.29. The monoisotopic (exact) mass is 240 g/mol. The van der Waals surface area contributed by atoms with Crippen LogP contribution in [0.3, 0.4) is 0 Å². The summed E-state index contributed by atoms with van der Waals surface area (Å²) in [7, 11) is 0. The number of hydrogen-bond donors (Lipinski definition) is 0. The molecule has 2 aliphatic rings. The van der Waals surface area contributed by atoms with E-state index in [1.165, 1.54) is 25.7 Å². The van der Waals surface area contributed by atoms with Crippen LogP contribution >= 0.6 is 0 Å². The Hall–Kier alpha value is -0.570. The van der Waals surface area contributed by atoms with Gasteiger partial charge in [0, 0.05) is 0 Å². The molecule has 0 amide bonds. The highest BCUT2D eigenvalue weighted by Crippen LogP contribution is 2.31. The number of carbonyl (C=O) groups is 1. The third kappa shape index (κ3) is 3.70. The van der Waals surface area contributed by atoms with Crippen LogP contribution in [-0.2, 0) is 14.3 Å². The Labute approximate surface area is 104 Å². The van der Waals surface area contributed by atoms with Crippen molar-refractivity contribution in [2.45, 2.75) is 70.5 Å². The first kappa shape index (κ1) is 12.9. The van der Waals surface area contributed by atoms with E-state index < -0.39 is 0 Å². The summed E-state index contributed by atoms with van der Waals surface area (Å²) in [4.78, 5) is 11.6. The van der Waals surface area contributed by atoms with Crippen LogP contribution in [0.1, 0.15) is 58.3 Å². The van der Waals surface area contributed by atoms with Crippen molar-refractivity contribution in [3.63, 3.8) is 0 Å². The van der Waals surface area contributed by atoms with E-state index >= 15 is 0 Å². The van der Waals surface area contributed by atoms with E-state index in [4.69, 9.17) is 9.47 Å². The SMILES string of the molecule is CCOC(=O)C1CCC(OC2CCCC2)CC1. The minimum atomic E-state index is -0.00758. The second kappa shape index (κ2) is 6.39. The van der Waals surface area contributed by atoms with Gasteiger partial charge in [0.1, 0.15) is 0 Å². The minimum absolute atomic E-state index is 0.00758. The lowest BCUT2D eigenvalue weighted by atomic mass is 9.87. The number of hydrogen-bond acceptors (Lipinski definition) is 3. The minimum Gasteiger partial charge on any atom is -0.466 e. The Morgan fingerprint density at radius 1 is 1.00 bits per heavy atom. The van der Waals surface area contributed by atoms with Gasteiger partial charge in [-0.15, -0.1) is 0 Å². The zero-order chi connectivity index (χ0) is 12.1. The molecular weight excluding hydrogens is 216 g/mol. The van der Waals surface area contributed by atoms with Crippen molar-refractivity contribution in [1.82, 2.24) is 0 Å². The van der Waals surface area contributed by atoms with Crippen LogP contribution in [-0.4, -0.2) is 24.8 Å². The van der Waals surface area contributed by atoms with Crippen molar-refractivity contribution in [3.8, 4) is 0 Å². The number of esters is 1. The van der Waals surface area contributed by atoms with Crippen molar-refractivity contribution in [3.05, 3.63) is 0 Å². The maximum atomic E-state index is 11.6. The maximum absolute atomic E-state index is 11.6. The predicted molar refractivity (Wildman–Crippen MR) is 65.7 cm³/mol. The van der Waals surface area contributed by atoms with Crippen LogP contribution in [0, 0.1) is 5.92 Å². The van der Waals surface area contributed by atoms with E-state index in [9.17, 15) is 4.79 Å². The molecule has 0 aromatic carbocycles. The van der Waals surface area contributed by atoms with Crippen molar-refractivity contribution < 1.29 is 14.3 Å². The molecule has 0 aromatic heterocycles. The molecule has 0 saturated heterocycles. The van der Waals surface area contributed by atoms with Crippen LogP contribution in [0.25, 0.3) is 0 Å². The van der Waals surface area contributed by atoms with Gasteiger partial charge >= 0.3 is 5.97 Å². The molecule has 2 aliphatic carbocycles. The van der Waals surface area contributed by atoms with Gasteiger partial charge in [-0.3, -0.25) is 4.79 Å². The Morgan fingerprint density at radius 3 is 2.18 bits per heavy atom. The van der Waals surface area contributed by atoms with Crippen LogP contribution in [0.2, 0.25) is 0 Å². The highest BCUT2D eigenvalue weighted by Gasteiger charge is 2.29. The zero-order valence-corrected chi connectivity index (χ0v) is 10.8. The van der Waals surface area contributed by atoms with Gasteiger partial charge in [0.05, 0.1) is 24.7 Å². The molecule has 0 N–H and O–H groups in total. The van der Waals surface area contributed by atoms with Crippen molar-refractivity contribution in [1.29, 1.82) is 0 Å². The Balaban J connectivity index is 1.68. The Bertz CT molecular complexity index is 238. The summed E-state index contributed by atoms with van der Waals surface area (Å²) in [6.45, 7) is 2.37. The molecule has 3 heteroatoms. The molecule has 0 radical (unpaired) electrons. The lowest BCUT2D eigenvalue weighted by molar-refractivity contribution is -0.150. The smallest absolute Gasteiger partial charge is 0.308 e. The molecule has 0 aliphatic heterocycles. The summed E-state index contributed by atoms with van der Waals surface area (Å²) in [5.41, 5.74) is 0. The number of rotatable bonds is 4. The third-order valence-corrected chi connectivity index (χ3v) is 3.98. The van der Waals surface area contributed by atoms with Crippen molar-refractivity contribution in [2.75, 3.05) is 6.61 Å². The van der Waals surface area contributed by atoms with Crippen molar-refractivity contribution >= 4 is 5.97 Å². The van der Waals surface area contributed by atoms with Gasteiger partial charge in [-0.2, -0.15) is 0 Å². The number of carbonyl (C=O) groups excluding carboxylic acids is 1. The van der Waals surface area contributed by atoms with Gasteiger partial charge in [0.15, 0.2) is 0 Å². The Morgan fingerprint density at radius 2 is 1.59 bits per heavy atom. The van der Waals surface area contributed by atoms with E-state index in [2.05, 4.69) is 0 Å². The highest BCUT2D eigenvalue weighted by atomic mass is 16.5. The van der Waals surface area contributed by atoms with Crippen molar-refractivity contribution in [2.24, 2.45) is 5.92 Å². The number of ether oxygens (including phenoxy) is 2. The first-order valence-electron chi connectivity index (χ1n) is 7.11. The third-order valence-electron chi connectivity index (χ3n) is 3.98. The molecule has 98 valence electrons. The molecule has 0 unspecified atom stereocenters. The standard InChI is InChI=1S/C14H24O3/c1-2-16-14(15)11-7-9-13(10-8-11)17-12-5-3-4-6-12/h11-13H,2-10H2,1H3. The first-order valence-corrected chi connectivity index (χ1v) is 7.11. The topological polar surface area (TPSA) is 35.5 Å². The van der Waals surface area contributed by atoms with Gasteiger partial charge in [-0.25, -0.2) is 0 Å². The fraction of sp³-hybridized carbons (Fsp3) is 0.929. The lowest BCUT2D eigenvalue weighted by Gasteiger charge is -2.29. The zero-order valence-electron chi connectivity index (χ0n) is 10.8. The Kier molecular flexibility index (Phi) is 4.84. The summed E-state index contributed by atoms with van der Waals surface area (Å²) >= 11 is 0. The molecule has 0 aromatic rings. The van der Waals surface area contributed by atoms with Gasteiger partial charge in [0.2, 0.25) is 0 Å². The fourth-order valence-corrected chi connectivity index (χ4v) is 2.99. The molecule has 0 bridgehead atoms. The van der Waals surface area contributed by atoms with Gasteiger partial charge < -0.3 is 9.47 Å². The molecular formula is C14H24O3. The quantitative estimate of drug-likeness (QED) is 0.708. The maximum Gasteiger partial charge on any atom is 0.308 e. The van der Waals surface area contributed by atoms with E-state index in [1.54, 1.807) is 0 Å². The predicted octanol–water partition coefficient (Wildman–Crippen LogP) is 3.07. The molecule has 2 fully saturated rings. The molecule has 0 spiro atoms. The van der Waals surface area contributed by atoms with E-state index in [1.807, 2.05) is 6.92 Å². The summed E-state index contributed by atoms with van der Waals surface area (Å²) in [6, 6.07) is 0. The van der Waals surface area contributed by atoms with Gasteiger partial charge in [-0.05, 0) is 45.4 Å². The second-order valence-corrected chi connectivity index (χ2v) is 5.27. The fourth-order valence-electron chi connectivity index (χ4n) is 2.99. The van der Waals surface area contributed by atoms with Crippen LogP contribution in [0.4, 0.5) is 0 Å². The van der Waals surface area contributed by atoms with Crippen LogP contribution in [0.15, 0.2) is 0 Å². The van der Waals surface area contributed by atoms with Crippen LogP contribution < -0.4 is 0 Å². The molecule has 0 heterocycles. The van der Waals surface area contributed by atoms with Gasteiger partial charge in [-0.1, -0.05) is 12.8 Å². The molecule has 2 rings (SSSR count). The van der Waals surface area contributed by atoms with E-state index in [-0.39, 0.29) is 11.9 Å². The average Bonchev–Trinajstić information content (AvgIpc) is 2.83. The van der Waals surface area contributed by atoms with E-state index in [0.717, 1.165) is 25.7 Å². The average molecular weight is 240 g/mol.